The Morgan fingerprint density at radius 3 is 2.33 bits per heavy atom. The molecule has 0 aromatic carbocycles. The number of hydrogen-bond acceptors (Lipinski definition) is 3. The molecule has 2 unspecified atom stereocenters. The van der Waals surface area contributed by atoms with Crippen LogP contribution in [0, 0.1) is 11.3 Å². The van der Waals surface area contributed by atoms with E-state index < -0.39 is 27.1 Å². The molecule has 1 aliphatic heterocycles. The third-order valence-corrected chi connectivity index (χ3v) is 5.12. The SMILES string of the molecule is O=CC1(CC2CC2(F)F)CCS(=O)(=O)C1. The van der Waals surface area contributed by atoms with Gasteiger partial charge in [-0.05, 0) is 12.8 Å². The second-order valence-corrected chi connectivity index (χ2v) is 6.87. The zero-order valence-electron chi connectivity index (χ0n) is 8.08. The monoisotopic (exact) mass is 238 g/mol. The minimum Gasteiger partial charge on any atom is -0.303 e. The Kier molecular flexibility index (Phi) is 2.19. The van der Waals surface area contributed by atoms with E-state index in [9.17, 15) is 22.0 Å². The number of carbonyl (C=O) groups excluding carboxylic acids is 1. The summed E-state index contributed by atoms with van der Waals surface area (Å²) in [6.07, 6.45) is 0.572. The molecule has 0 radical (unpaired) electrons. The molecule has 1 heterocycles. The minimum absolute atomic E-state index is 0.0166. The van der Waals surface area contributed by atoms with Crippen molar-refractivity contribution >= 4 is 16.1 Å². The van der Waals surface area contributed by atoms with Crippen LogP contribution in [0.5, 0.6) is 0 Å². The number of carbonyl (C=O) groups is 1. The Morgan fingerprint density at radius 1 is 1.40 bits per heavy atom. The van der Waals surface area contributed by atoms with Gasteiger partial charge in [0.25, 0.3) is 5.92 Å². The van der Waals surface area contributed by atoms with E-state index in [0.717, 1.165) is 0 Å². The molecule has 2 atom stereocenters. The smallest absolute Gasteiger partial charge is 0.251 e. The summed E-state index contributed by atoms with van der Waals surface area (Å²) in [7, 11) is -3.20. The van der Waals surface area contributed by atoms with Gasteiger partial charge < -0.3 is 4.79 Å². The van der Waals surface area contributed by atoms with Crippen molar-refractivity contribution in [1.82, 2.24) is 0 Å². The largest absolute Gasteiger partial charge is 0.303 e. The van der Waals surface area contributed by atoms with Crippen LogP contribution >= 0.6 is 0 Å². The van der Waals surface area contributed by atoms with Gasteiger partial charge in [0.2, 0.25) is 0 Å². The Labute approximate surface area is 86.8 Å². The first-order chi connectivity index (χ1) is 6.79. The lowest BCUT2D eigenvalue weighted by Crippen LogP contribution is -2.25. The highest BCUT2D eigenvalue weighted by Gasteiger charge is 2.60. The summed E-state index contributed by atoms with van der Waals surface area (Å²) >= 11 is 0. The van der Waals surface area contributed by atoms with Crippen LogP contribution in [0.4, 0.5) is 8.78 Å². The lowest BCUT2D eigenvalue weighted by molar-refractivity contribution is -0.115. The molecule has 0 amide bonds. The van der Waals surface area contributed by atoms with E-state index in [-0.39, 0.29) is 30.8 Å². The third-order valence-electron chi connectivity index (χ3n) is 3.28. The maximum absolute atomic E-state index is 12.7. The number of rotatable bonds is 3. The van der Waals surface area contributed by atoms with Crippen LogP contribution in [-0.4, -0.2) is 32.1 Å². The lowest BCUT2D eigenvalue weighted by atomic mass is 9.83. The van der Waals surface area contributed by atoms with Crippen LogP contribution in [0.2, 0.25) is 0 Å². The highest BCUT2D eigenvalue weighted by Crippen LogP contribution is 2.55. The molecule has 0 N–H and O–H groups in total. The van der Waals surface area contributed by atoms with Gasteiger partial charge in [-0.3, -0.25) is 0 Å². The molecule has 2 aliphatic rings. The molecule has 2 rings (SSSR count). The van der Waals surface area contributed by atoms with Gasteiger partial charge in [0, 0.05) is 17.8 Å². The first-order valence-electron chi connectivity index (χ1n) is 4.83. The molecule has 15 heavy (non-hydrogen) atoms. The zero-order chi connectivity index (χ0) is 11.3. The van der Waals surface area contributed by atoms with Gasteiger partial charge in [0.1, 0.15) is 6.29 Å². The topological polar surface area (TPSA) is 51.2 Å². The molecule has 1 saturated heterocycles. The van der Waals surface area contributed by atoms with Crippen molar-refractivity contribution in [2.75, 3.05) is 11.5 Å². The van der Waals surface area contributed by atoms with Gasteiger partial charge in [-0.15, -0.1) is 0 Å². The fourth-order valence-corrected chi connectivity index (χ4v) is 4.29. The highest BCUT2D eigenvalue weighted by molar-refractivity contribution is 7.91. The first-order valence-corrected chi connectivity index (χ1v) is 6.65. The van der Waals surface area contributed by atoms with Crippen molar-refractivity contribution in [1.29, 1.82) is 0 Å². The summed E-state index contributed by atoms with van der Waals surface area (Å²) in [4.78, 5) is 10.9. The highest BCUT2D eigenvalue weighted by atomic mass is 32.2. The Bertz CT molecular complexity index is 390. The molecule has 6 heteroatoms. The molecular weight excluding hydrogens is 226 g/mol. The van der Waals surface area contributed by atoms with Gasteiger partial charge in [0.05, 0.1) is 11.5 Å². The summed E-state index contributed by atoms with van der Waals surface area (Å²) in [6, 6.07) is 0. The zero-order valence-corrected chi connectivity index (χ0v) is 8.90. The predicted molar refractivity (Wildman–Crippen MR) is 49.4 cm³/mol. The van der Waals surface area contributed by atoms with Gasteiger partial charge in [-0.25, -0.2) is 17.2 Å². The molecule has 3 nitrogen and oxygen atoms in total. The summed E-state index contributed by atoms with van der Waals surface area (Å²) in [6.45, 7) is 0. The van der Waals surface area contributed by atoms with Gasteiger partial charge in [0.15, 0.2) is 9.84 Å². The quantitative estimate of drug-likeness (QED) is 0.690. The van der Waals surface area contributed by atoms with Crippen LogP contribution in [0.15, 0.2) is 0 Å². The lowest BCUT2D eigenvalue weighted by Gasteiger charge is -2.19. The Morgan fingerprint density at radius 2 is 2.00 bits per heavy atom. The van der Waals surface area contributed by atoms with E-state index in [0.29, 0.717) is 6.29 Å². The van der Waals surface area contributed by atoms with Gasteiger partial charge in [-0.2, -0.15) is 0 Å². The maximum atomic E-state index is 12.7. The van der Waals surface area contributed by atoms with E-state index in [1.54, 1.807) is 0 Å². The van der Waals surface area contributed by atoms with Crippen LogP contribution in [0.25, 0.3) is 0 Å². The summed E-state index contributed by atoms with van der Waals surface area (Å²) in [5.74, 6) is -3.78. The normalized spacial score (nSPS) is 41.3. The number of aldehydes is 1. The molecule has 0 spiro atoms. The molecule has 1 saturated carbocycles. The second-order valence-electron chi connectivity index (χ2n) is 4.69. The summed E-state index contributed by atoms with van der Waals surface area (Å²) in [5.41, 5.74) is -1.04. The third kappa shape index (κ3) is 2.04. The van der Waals surface area contributed by atoms with Crippen LogP contribution in [0.1, 0.15) is 19.3 Å². The molecule has 0 aromatic heterocycles. The van der Waals surface area contributed by atoms with E-state index >= 15 is 0 Å². The van der Waals surface area contributed by atoms with Crippen molar-refractivity contribution in [3.8, 4) is 0 Å². The van der Waals surface area contributed by atoms with Crippen molar-refractivity contribution in [3.05, 3.63) is 0 Å². The molecule has 86 valence electrons. The molecule has 0 bridgehead atoms. The number of hydrogen-bond donors (Lipinski definition) is 0. The minimum atomic E-state index is -3.20. The van der Waals surface area contributed by atoms with Crippen molar-refractivity contribution < 1.29 is 22.0 Å². The molecule has 2 fully saturated rings. The standard InChI is InChI=1S/C9H12F2O3S/c10-9(11)4-7(9)3-8(5-12)1-2-15(13,14)6-8/h5,7H,1-4,6H2. The number of sulfone groups is 1. The summed E-state index contributed by atoms with van der Waals surface area (Å²) in [5, 5.41) is 0. The maximum Gasteiger partial charge on any atom is 0.251 e. The first kappa shape index (κ1) is 11.0. The van der Waals surface area contributed by atoms with Crippen LogP contribution < -0.4 is 0 Å². The molecule has 0 aromatic rings. The fraction of sp³-hybridized carbons (Fsp3) is 0.889. The van der Waals surface area contributed by atoms with Crippen molar-refractivity contribution in [2.45, 2.75) is 25.2 Å². The molecular formula is C9H12F2O3S. The van der Waals surface area contributed by atoms with Crippen molar-refractivity contribution in [3.63, 3.8) is 0 Å². The van der Waals surface area contributed by atoms with Crippen molar-refractivity contribution in [2.24, 2.45) is 11.3 Å². The number of alkyl halides is 2. The van der Waals surface area contributed by atoms with E-state index in [1.165, 1.54) is 0 Å². The van der Waals surface area contributed by atoms with Crippen LogP contribution in [0.3, 0.4) is 0 Å². The van der Waals surface area contributed by atoms with Crippen LogP contribution in [-0.2, 0) is 14.6 Å². The molecule has 1 aliphatic carbocycles. The Hall–Kier alpha value is -0.520. The average Bonchev–Trinajstić information content (AvgIpc) is 2.54. The predicted octanol–water partition coefficient (Wildman–Crippen LogP) is 1.04. The number of halogens is 2. The Balaban J connectivity index is 2.09. The van der Waals surface area contributed by atoms with E-state index in [1.807, 2.05) is 0 Å². The van der Waals surface area contributed by atoms with E-state index in [2.05, 4.69) is 0 Å². The fourth-order valence-electron chi connectivity index (χ4n) is 2.22. The van der Waals surface area contributed by atoms with E-state index in [4.69, 9.17) is 0 Å². The second kappa shape index (κ2) is 2.99. The van der Waals surface area contributed by atoms with Gasteiger partial charge in [-0.1, -0.05) is 0 Å². The average molecular weight is 238 g/mol. The summed E-state index contributed by atoms with van der Waals surface area (Å²) < 4.78 is 47.8. The van der Waals surface area contributed by atoms with Gasteiger partial charge >= 0.3 is 0 Å².